The Morgan fingerprint density at radius 2 is 1.55 bits per heavy atom. The maximum Gasteiger partial charge on any atom is 0.335 e. The van der Waals surface area contributed by atoms with Crippen LogP contribution in [0.3, 0.4) is 0 Å². The summed E-state index contributed by atoms with van der Waals surface area (Å²) in [5.41, 5.74) is -0.923. The third-order valence-corrected chi connectivity index (χ3v) is 17.6. The molecule has 0 saturated carbocycles. The zero-order chi connectivity index (χ0) is 24.9. The van der Waals surface area contributed by atoms with Crippen LogP contribution in [0.4, 0.5) is 0 Å². The SMILES string of the molecule is CC(C)[Si]1(C(C)C)OC[C@H]2O[C@@H](N3C=CC(=O)CC3=O)[C@](C)(O)[C@@H]2O[Si](C(C)C)(C(C)C)O1. The normalized spacial score (nSPS) is 34.4. The molecule has 188 valence electrons. The van der Waals surface area contributed by atoms with Gasteiger partial charge in [-0.2, -0.15) is 0 Å². The van der Waals surface area contributed by atoms with Crippen LogP contribution in [0.15, 0.2) is 12.3 Å². The Hall–Kier alpha value is -0.886. The van der Waals surface area contributed by atoms with Gasteiger partial charge in [0.25, 0.3) is 0 Å². The summed E-state index contributed by atoms with van der Waals surface area (Å²) in [7, 11) is -5.68. The van der Waals surface area contributed by atoms with Crippen molar-refractivity contribution in [3.05, 3.63) is 12.3 Å². The van der Waals surface area contributed by atoms with Gasteiger partial charge in [-0.3, -0.25) is 14.5 Å². The number of hydrogen-bond donors (Lipinski definition) is 1. The molecule has 3 aliphatic heterocycles. The number of carbonyl (C=O) groups is 2. The largest absolute Gasteiger partial charge is 0.414 e. The maximum absolute atomic E-state index is 12.6. The van der Waals surface area contributed by atoms with E-state index in [0.29, 0.717) is 0 Å². The summed E-state index contributed by atoms with van der Waals surface area (Å²) >= 11 is 0. The lowest BCUT2D eigenvalue weighted by molar-refractivity contribution is -0.157. The zero-order valence-corrected chi connectivity index (χ0v) is 23.5. The van der Waals surface area contributed by atoms with Crippen LogP contribution in [0.5, 0.6) is 0 Å². The summed E-state index contributed by atoms with van der Waals surface area (Å²) in [5, 5.41) is 11.7. The van der Waals surface area contributed by atoms with E-state index in [1.165, 1.54) is 17.2 Å². The first kappa shape index (κ1) is 26.7. The van der Waals surface area contributed by atoms with Crippen LogP contribution < -0.4 is 0 Å². The fourth-order valence-corrected chi connectivity index (χ4v) is 16.7. The molecule has 0 aromatic heterocycles. The number of amides is 1. The Balaban J connectivity index is 2.08. The van der Waals surface area contributed by atoms with Crippen molar-refractivity contribution in [3.63, 3.8) is 0 Å². The number of carbonyl (C=O) groups excluding carboxylic acids is 2. The van der Waals surface area contributed by atoms with Gasteiger partial charge in [0, 0.05) is 6.20 Å². The molecule has 0 bridgehead atoms. The second-order valence-corrected chi connectivity index (χ2v) is 19.9. The number of fused-ring (bicyclic) bond motifs is 1. The van der Waals surface area contributed by atoms with Crippen molar-refractivity contribution in [2.24, 2.45) is 0 Å². The second kappa shape index (κ2) is 9.29. The molecule has 1 amide bonds. The van der Waals surface area contributed by atoms with Gasteiger partial charge in [-0.05, 0) is 35.2 Å². The maximum atomic E-state index is 12.6. The summed E-state index contributed by atoms with van der Waals surface area (Å²) < 4.78 is 27.1. The first-order valence-electron chi connectivity index (χ1n) is 12.1. The van der Waals surface area contributed by atoms with Crippen LogP contribution in [-0.2, 0) is 27.3 Å². The predicted octanol–water partition coefficient (Wildman–Crippen LogP) is 3.73. The highest BCUT2D eigenvalue weighted by Gasteiger charge is 2.65. The van der Waals surface area contributed by atoms with Crippen molar-refractivity contribution in [2.75, 3.05) is 6.61 Å². The van der Waals surface area contributed by atoms with Crippen LogP contribution in [-0.4, -0.2) is 69.5 Å². The van der Waals surface area contributed by atoms with Crippen LogP contribution >= 0.6 is 0 Å². The molecule has 3 aliphatic rings. The molecule has 8 nitrogen and oxygen atoms in total. The van der Waals surface area contributed by atoms with Crippen LogP contribution in [0.1, 0.15) is 68.7 Å². The number of rotatable bonds is 5. The van der Waals surface area contributed by atoms with Crippen molar-refractivity contribution < 1.29 is 32.4 Å². The van der Waals surface area contributed by atoms with E-state index in [1.54, 1.807) is 6.92 Å². The van der Waals surface area contributed by atoms with Gasteiger partial charge in [0.2, 0.25) is 5.91 Å². The minimum atomic E-state index is -2.94. The van der Waals surface area contributed by atoms with E-state index in [9.17, 15) is 14.7 Å². The minimum absolute atomic E-state index is 0.105. The minimum Gasteiger partial charge on any atom is -0.414 e. The lowest BCUT2D eigenvalue weighted by atomic mass is 9.95. The highest BCUT2D eigenvalue weighted by molar-refractivity contribution is 6.84. The first-order valence-corrected chi connectivity index (χ1v) is 16.0. The molecule has 3 heterocycles. The van der Waals surface area contributed by atoms with E-state index >= 15 is 0 Å². The highest BCUT2D eigenvalue weighted by Crippen LogP contribution is 2.49. The van der Waals surface area contributed by atoms with E-state index < -0.39 is 47.1 Å². The summed E-state index contributed by atoms with van der Waals surface area (Å²) in [4.78, 5) is 25.6. The number of aliphatic hydroxyl groups is 1. The van der Waals surface area contributed by atoms with Crippen LogP contribution in [0.2, 0.25) is 22.2 Å². The Labute approximate surface area is 200 Å². The molecule has 0 radical (unpaired) electrons. The average Bonchev–Trinajstić information content (AvgIpc) is 2.90. The lowest BCUT2D eigenvalue weighted by Crippen LogP contribution is -2.67. The van der Waals surface area contributed by atoms with Crippen molar-refractivity contribution in [1.29, 1.82) is 0 Å². The van der Waals surface area contributed by atoms with Crippen LogP contribution in [0, 0.1) is 0 Å². The monoisotopic (exact) mass is 499 g/mol. The van der Waals surface area contributed by atoms with Gasteiger partial charge in [-0.25, -0.2) is 0 Å². The second-order valence-electron chi connectivity index (χ2n) is 11.0. The third-order valence-electron chi connectivity index (χ3n) is 7.33. The fourth-order valence-electron chi connectivity index (χ4n) is 5.44. The topological polar surface area (TPSA) is 94.5 Å². The number of ketones is 1. The molecular formula is C23H41NO7Si2. The van der Waals surface area contributed by atoms with E-state index in [1.807, 2.05) is 0 Å². The third kappa shape index (κ3) is 4.43. The molecule has 4 atom stereocenters. The molecule has 0 aromatic rings. The first-order chi connectivity index (χ1) is 15.2. The van der Waals surface area contributed by atoms with Crippen molar-refractivity contribution in [2.45, 2.75) is 115 Å². The van der Waals surface area contributed by atoms with Crippen molar-refractivity contribution in [1.82, 2.24) is 4.90 Å². The summed E-state index contributed by atoms with van der Waals surface area (Å²) in [6, 6.07) is 0. The summed E-state index contributed by atoms with van der Waals surface area (Å²) in [6.45, 7) is 18.9. The molecule has 10 heteroatoms. The molecule has 0 aromatic carbocycles. The molecule has 2 saturated heterocycles. The molecule has 2 fully saturated rings. The van der Waals surface area contributed by atoms with E-state index in [0.717, 1.165) is 0 Å². The fraction of sp³-hybridized carbons (Fsp3) is 0.826. The molecule has 3 rings (SSSR count). The number of hydrogen-bond acceptors (Lipinski definition) is 7. The van der Waals surface area contributed by atoms with E-state index in [4.69, 9.17) is 17.7 Å². The number of nitrogens with zero attached hydrogens (tertiary/aromatic N) is 1. The van der Waals surface area contributed by atoms with Gasteiger partial charge in [-0.1, -0.05) is 55.4 Å². The van der Waals surface area contributed by atoms with Crippen molar-refractivity contribution >= 4 is 28.8 Å². The van der Waals surface area contributed by atoms with E-state index in [2.05, 4.69) is 55.4 Å². The highest BCUT2D eigenvalue weighted by atomic mass is 28.5. The molecule has 1 N–H and O–H groups in total. The van der Waals surface area contributed by atoms with Gasteiger partial charge in [0.15, 0.2) is 12.0 Å². The lowest BCUT2D eigenvalue weighted by Gasteiger charge is -2.52. The van der Waals surface area contributed by atoms with Gasteiger partial charge >= 0.3 is 17.1 Å². The molecule has 33 heavy (non-hydrogen) atoms. The van der Waals surface area contributed by atoms with Crippen molar-refractivity contribution in [3.8, 4) is 0 Å². The van der Waals surface area contributed by atoms with Gasteiger partial charge in [0.05, 0.1) is 13.0 Å². The molecule has 0 unspecified atom stereocenters. The predicted molar refractivity (Wildman–Crippen MR) is 129 cm³/mol. The standard InChI is InChI=1S/C23H41NO7Si2/c1-14(2)32(15(3)4)28-13-19-21(30-33(31-32,16(5)6)17(7)8)23(9,27)22(29-19)24-11-10-18(25)12-20(24)26/h10-11,14-17,19,21-22,27H,12-13H2,1-9H3/t19-,21-,22-,23-/m1/s1. The Bertz CT molecular complexity index is 780. The van der Waals surface area contributed by atoms with Crippen LogP contribution in [0.25, 0.3) is 0 Å². The number of ether oxygens (including phenoxy) is 1. The van der Waals surface area contributed by atoms with E-state index in [-0.39, 0.29) is 41.0 Å². The quantitative estimate of drug-likeness (QED) is 0.455. The van der Waals surface area contributed by atoms with Gasteiger partial charge < -0.3 is 22.8 Å². The zero-order valence-electron chi connectivity index (χ0n) is 21.5. The molecule has 0 spiro atoms. The molecular weight excluding hydrogens is 458 g/mol. The average molecular weight is 500 g/mol. The Morgan fingerprint density at radius 3 is 2.03 bits per heavy atom. The molecule has 0 aliphatic carbocycles. The van der Waals surface area contributed by atoms with Gasteiger partial charge in [0.1, 0.15) is 17.8 Å². The smallest absolute Gasteiger partial charge is 0.335 e. The Morgan fingerprint density at radius 1 is 1.00 bits per heavy atom. The summed E-state index contributed by atoms with van der Waals surface area (Å²) in [5.74, 6) is -0.660. The number of allylic oxidation sites excluding steroid dienone is 1. The Kier molecular flexibility index (Phi) is 7.52. The summed E-state index contributed by atoms with van der Waals surface area (Å²) in [6.07, 6.45) is 0.228. The van der Waals surface area contributed by atoms with Gasteiger partial charge in [-0.15, -0.1) is 0 Å².